The Labute approximate surface area is 96.9 Å². The summed E-state index contributed by atoms with van der Waals surface area (Å²) >= 11 is 0. The number of rotatable bonds is 6. The summed E-state index contributed by atoms with van der Waals surface area (Å²) in [4.78, 5) is 6.10. The molecule has 0 aliphatic carbocycles. The van der Waals surface area contributed by atoms with Crippen molar-refractivity contribution in [3.8, 4) is 6.07 Å². The number of nitrogens with zero attached hydrogens (tertiary/aromatic N) is 3. The Kier molecular flexibility index (Phi) is 5.30. The van der Waals surface area contributed by atoms with Crippen LogP contribution in [0.3, 0.4) is 0 Å². The molecule has 86 valence electrons. The van der Waals surface area contributed by atoms with Gasteiger partial charge >= 0.3 is 0 Å². The highest BCUT2D eigenvalue weighted by molar-refractivity contribution is 5.45. The number of hydrogen-bond acceptors (Lipinski definition) is 4. The lowest BCUT2D eigenvalue weighted by atomic mass is 10.3. The van der Waals surface area contributed by atoms with Gasteiger partial charge in [-0.05, 0) is 45.6 Å². The Morgan fingerprint density at radius 3 is 2.94 bits per heavy atom. The van der Waals surface area contributed by atoms with E-state index >= 15 is 0 Å². The minimum atomic E-state index is 0.457. The molecule has 0 aliphatic rings. The molecular formula is C12H18N4. The Balaban J connectivity index is 2.24. The van der Waals surface area contributed by atoms with Gasteiger partial charge in [0.25, 0.3) is 0 Å². The maximum Gasteiger partial charge on any atom is 0.142 e. The highest BCUT2D eigenvalue weighted by atomic mass is 15.0. The fourth-order valence-electron chi connectivity index (χ4n) is 1.39. The Morgan fingerprint density at radius 2 is 2.25 bits per heavy atom. The van der Waals surface area contributed by atoms with Crippen molar-refractivity contribution in [3.63, 3.8) is 0 Å². The molecule has 1 rings (SSSR count). The van der Waals surface area contributed by atoms with Crippen molar-refractivity contribution in [3.05, 3.63) is 24.0 Å². The maximum absolute atomic E-state index is 8.69. The second-order valence-corrected chi connectivity index (χ2v) is 3.98. The van der Waals surface area contributed by atoms with Crippen LogP contribution in [0.15, 0.2) is 18.3 Å². The number of pyridine rings is 1. The van der Waals surface area contributed by atoms with Gasteiger partial charge in [0.05, 0.1) is 0 Å². The highest BCUT2D eigenvalue weighted by Gasteiger charge is 1.95. The van der Waals surface area contributed by atoms with E-state index in [1.54, 1.807) is 12.3 Å². The van der Waals surface area contributed by atoms with Gasteiger partial charge in [-0.25, -0.2) is 4.98 Å². The van der Waals surface area contributed by atoms with Gasteiger partial charge in [-0.3, -0.25) is 0 Å². The molecule has 0 saturated heterocycles. The first kappa shape index (κ1) is 12.5. The first-order chi connectivity index (χ1) is 7.72. The molecule has 0 fully saturated rings. The highest BCUT2D eigenvalue weighted by Crippen LogP contribution is 2.07. The second kappa shape index (κ2) is 6.81. The quantitative estimate of drug-likeness (QED) is 0.738. The molecule has 16 heavy (non-hydrogen) atoms. The zero-order valence-electron chi connectivity index (χ0n) is 9.90. The first-order valence-electron chi connectivity index (χ1n) is 5.47. The summed E-state index contributed by atoms with van der Waals surface area (Å²) in [5, 5.41) is 12.0. The third-order valence-corrected chi connectivity index (χ3v) is 2.24. The van der Waals surface area contributed by atoms with Gasteiger partial charge in [0.1, 0.15) is 11.8 Å². The molecule has 0 bridgehead atoms. The minimum Gasteiger partial charge on any atom is -0.385 e. The monoisotopic (exact) mass is 218 g/mol. The second-order valence-electron chi connectivity index (χ2n) is 3.98. The Morgan fingerprint density at radius 1 is 1.44 bits per heavy atom. The molecule has 1 heterocycles. The molecule has 0 saturated carbocycles. The predicted molar refractivity (Wildman–Crippen MR) is 65.2 cm³/mol. The summed E-state index contributed by atoms with van der Waals surface area (Å²) in [5.41, 5.74) is 1.43. The van der Waals surface area contributed by atoms with E-state index in [1.165, 1.54) is 6.42 Å². The van der Waals surface area contributed by atoms with Crippen LogP contribution in [0.4, 0.5) is 5.69 Å². The van der Waals surface area contributed by atoms with E-state index in [-0.39, 0.29) is 0 Å². The van der Waals surface area contributed by atoms with Crippen molar-refractivity contribution in [2.45, 2.75) is 12.8 Å². The van der Waals surface area contributed by atoms with Gasteiger partial charge in [0, 0.05) is 18.4 Å². The molecule has 4 heteroatoms. The number of nitriles is 1. The summed E-state index contributed by atoms with van der Waals surface area (Å²) in [6.07, 6.45) is 3.96. The number of aromatic nitrogens is 1. The van der Waals surface area contributed by atoms with E-state index in [2.05, 4.69) is 29.3 Å². The molecule has 0 unspecified atom stereocenters. The first-order valence-corrected chi connectivity index (χ1v) is 5.47. The fourth-order valence-corrected chi connectivity index (χ4v) is 1.39. The number of nitrogens with one attached hydrogen (secondary N) is 1. The smallest absolute Gasteiger partial charge is 0.142 e. The van der Waals surface area contributed by atoms with Crippen molar-refractivity contribution in [1.29, 1.82) is 5.26 Å². The van der Waals surface area contributed by atoms with Crippen LogP contribution in [-0.2, 0) is 0 Å². The molecule has 1 aromatic rings. The van der Waals surface area contributed by atoms with E-state index in [4.69, 9.17) is 5.26 Å². The maximum atomic E-state index is 8.69. The van der Waals surface area contributed by atoms with Crippen LogP contribution in [0.25, 0.3) is 0 Å². The van der Waals surface area contributed by atoms with Crippen LogP contribution < -0.4 is 5.32 Å². The minimum absolute atomic E-state index is 0.457. The van der Waals surface area contributed by atoms with Crippen molar-refractivity contribution >= 4 is 5.69 Å². The average molecular weight is 218 g/mol. The Bertz CT molecular complexity index is 354. The average Bonchev–Trinajstić information content (AvgIpc) is 2.28. The molecule has 0 spiro atoms. The third kappa shape index (κ3) is 4.76. The van der Waals surface area contributed by atoms with Crippen LogP contribution in [0.5, 0.6) is 0 Å². The van der Waals surface area contributed by atoms with Gasteiger partial charge in [0.2, 0.25) is 0 Å². The number of unbranched alkanes of at least 4 members (excludes halogenated alkanes) is 1. The lowest BCUT2D eigenvalue weighted by Gasteiger charge is -2.09. The van der Waals surface area contributed by atoms with E-state index < -0.39 is 0 Å². The van der Waals surface area contributed by atoms with Gasteiger partial charge in [0.15, 0.2) is 0 Å². The lowest BCUT2D eigenvalue weighted by Crippen LogP contribution is -2.14. The molecule has 4 nitrogen and oxygen atoms in total. The zero-order chi connectivity index (χ0) is 11.8. The fraction of sp³-hybridized carbons (Fsp3) is 0.500. The normalized spacial score (nSPS) is 10.1. The molecular weight excluding hydrogens is 200 g/mol. The third-order valence-electron chi connectivity index (χ3n) is 2.24. The van der Waals surface area contributed by atoms with E-state index in [0.717, 1.165) is 25.2 Å². The predicted octanol–water partition coefficient (Wildman–Crippen LogP) is 1.71. The van der Waals surface area contributed by atoms with Crippen LogP contribution in [0, 0.1) is 11.3 Å². The van der Waals surface area contributed by atoms with Gasteiger partial charge in [-0.1, -0.05) is 0 Å². The molecule has 1 N–H and O–H groups in total. The SMILES string of the molecule is CN(C)CCCCNc1ccnc(C#N)c1. The Hall–Kier alpha value is -1.60. The van der Waals surface area contributed by atoms with Gasteiger partial charge in [-0.15, -0.1) is 0 Å². The molecule has 0 aromatic carbocycles. The topological polar surface area (TPSA) is 52.0 Å². The van der Waals surface area contributed by atoms with Crippen molar-refractivity contribution in [2.24, 2.45) is 0 Å². The summed E-state index contributed by atoms with van der Waals surface area (Å²) in [6, 6.07) is 5.68. The van der Waals surface area contributed by atoms with E-state index in [0.29, 0.717) is 5.69 Å². The molecule has 0 amide bonds. The van der Waals surface area contributed by atoms with Crippen molar-refractivity contribution in [2.75, 3.05) is 32.5 Å². The van der Waals surface area contributed by atoms with Crippen LogP contribution >= 0.6 is 0 Å². The van der Waals surface area contributed by atoms with Gasteiger partial charge < -0.3 is 10.2 Å². The summed E-state index contributed by atoms with van der Waals surface area (Å²) in [6.45, 7) is 2.05. The summed E-state index contributed by atoms with van der Waals surface area (Å²) in [5.74, 6) is 0. The zero-order valence-corrected chi connectivity index (χ0v) is 9.90. The van der Waals surface area contributed by atoms with Crippen molar-refractivity contribution in [1.82, 2.24) is 9.88 Å². The van der Waals surface area contributed by atoms with E-state index in [1.807, 2.05) is 12.1 Å². The lowest BCUT2D eigenvalue weighted by molar-refractivity contribution is 0.396. The largest absolute Gasteiger partial charge is 0.385 e. The molecule has 0 radical (unpaired) electrons. The van der Waals surface area contributed by atoms with Crippen LogP contribution in [-0.4, -0.2) is 37.1 Å². The van der Waals surface area contributed by atoms with Crippen LogP contribution in [0.2, 0.25) is 0 Å². The van der Waals surface area contributed by atoms with E-state index in [9.17, 15) is 0 Å². The standard InChI is InChI=1S/C12H18N4/c1-16(2)8-4-3-6-14-11-5-7-15-12(9-11)10-13/h5,7,9H,3-4,6,8H2,1-2H3,(H,14,15). The molecule has 0 aliphatic heterocycles. The molecule has 0 atom stereocenters. The summed E-state index contributed by atoms with van der Waals surface area (Å²) < 4.78 is 0. The number of hydrogen-bond donors (Lipinski definition) is 1. The summed E-state index contributed by atoms with van der Waals surface area (Å²) in [7, 11) is 4.16. The van der Waals surface area contributed by atoms with Crippen molar-refractivity contribution < 1.29 is 0 Å². The number of anilines is 1. The van der Waals surface area contributed by atoms with Gasteiger partial charge in [-0.2, -0.15) is 5.26 Å². The molecule has 1 aromatic heterocycles. The van der Waals surface area contributed by atoms with Crippen LogP contribution in [0.1, 0.15) is 18.5 Å².